The molecule has 0 atom stereocenters. The monoisotopic (exact) mass is 727 g/mol. The van der Waals surface area contributed by atoms with Crippen LogP contribution in [0.5, 0.6) is 0 Å². The number of hydrogen-bond donors (Lipinski definition) is 0. The average molecular weight is 728 g/mol. The summed E-state index contributed by atoms with van der Waals surface area (Å²) in [6.45, 7) is 0. The smallest absolute Gasteiger partial charge is 0.167 e. The largest absolute Gasteiger partial charge is 0.455 e. The molecule has 2 aliphatic carbocycles. The van der Waals surface area contributed by atoms with Crippen LogP contribution in [0.3, 0.4) is 0 Å². The zero-order valence-corrected chi connectivity index (χ0v) is 30.4. The van der Waals surface area contributed by atoms with Crippen LogP contribution in [0.4, 0.5) is 0 Å². The summed E-state index contributed by atoms with van der Waals surface area (Å²) in [5.74, 6) is 1.75. The van der Waals surface area contributed by atoms with E-state index >= 15 is 0 Å². The molecule has 5 heteroatoms. The van der Waals surface area contributed by atoms with Crippen molar-refractivity contribution in [3.8, 4) is 56.4 Å². The van der Waals surface area contributed by atoms with E-state index in [2.05, 4.69) is 103 Å². The number of benzene rings is 8. The van der Waals surface area contributed by atoms with Gasteiger partial charge in [0, 0.05) is 43.8 Å². The van der Waals surface area contributed by atoms with Gasteiger partial charge in [0.05, 0.1) is 11.0 Å². The Morgan fingerprint density at radius 3 is 1.54 bits per heavy atom. The molecule has 3 heterocycles. The highest BCUT2D eigenvalue weighted by Crippen LogP contribution is 2.66. The molecule has 0 saturated carbocycles. The molecular weight excluding hydrogens is 699 g/mol. The van der Waals surface area contributed by atoms with Gasteiger partial charge in [0.2, 0.25) is 0 Å². The van der Waals surface area contributed by atoms with Crippen LogP contribution >= 0.6 is 0 Å². The molecule has 0 saturated heterocycles. The molecule has 5 nitrogen and oxygen atoms in total. The van der Waals surface area contributed by atoms with Crippen molar-refractivity contribution in [3.05, 3.63) is 198 Å². The standard InChI is InChI=1S/C52H29N3O2/c1-3-15-30(16-4-1)49-53-50(31-17-5-2-6-18-31)55-51(54-49)37-29-41-45(44-36-22-10-14-26-43(36)57-48(37)44)46-40(28-27-35-34-21-9-13-25-42(34)56-47(35)46)52(41)38-23-11-7-19-32(38)33-20-8-12-24-39(33)52/h1-29H. The summed E-state index contributed by atoms with van der Waals surface area (Å²) in [5.41, 5.74) is 14.8. The van der Waals surface area contributed by atoms with Gasteiger partial charge in [-0.15, -0.1) is 0 Å². The van der Waals surface area contributed by atoms with Crippen molar-refractivity contribution in [1.82, 2.24) is 15.0 Å². The molecule has 0 amide bonds. The van der Waals surface area contributed by atoms with Gasteiger partial charge in [-0.1, -0.05) is 158 Å². The molecule has 11 aromatic rings. The van der Waals surface area contributed by atoms with Crippen LogP contribution in [0.25, 0.3) is 100 Å². The van der Waals surface area contributed by atoms with Crippen LogP contribution in [-0.4, -0.2) is 15.0 Å². The molecular formula is C52H29N3O2. The van der Waals surface area contributed by atoms with E-state index in [1.54, 1.807) is 0 Å². The molecule has 0 unspecified atom stereocenters. The Balaban J connectivity index is 1.24. The Bertz CT molecular complexity index is 3370. The van der Waals surface area contributed by atoms with Crippen molar-refractivity contribution < 1.29 is 8.83 Å². The van der Waals surface area contributed by atoms with E-state index in [4.69, 9.17) is 23.8 Å². The lowest BCUT2D eigenvalue weighted by Gasteiger charge is -2.30. The highest BCUT2D eigenvalue weighted by molar-refractivity contribution is 6.23. The summed E-state index contributed by atoms with van der Waals surface area (Å²) in [5, 5.41) is 4.24. The minimum atomic E-state index is -0.663. The highest BCUT2D eigenvalue weighted by atomic mass is 16.3. The van der Waals surface area contributed by atoms with Gasteiger partial charge in [0.1, 0.15) is 22.3 Å². The van der Waals surface area contributed by atoms with Gasteiger partial charge in [-0.25, -0.2) is 15.0 Å². The van der Waals surface area contributed by atoms with Crippen LogP contribution in [0.15, 0.2) is 185 Å². The Labute approximate surface area is 326 Å². The zero-order valence-electron chi connectivity index (χ0n) is 30.4. The molecule has 0 bridgehead atoms. The Morgan fingerprint density at radius 2 is 0.877 bits per heavy atom. The predicted molar refractivity (Wildman–Crippen MR) is 227 cm³/mol. The third-order valence-electron chi connectivity index (χ3n) is 12.1. The lowest BCUT2D eigenvalue weighted by molar-refractivity contribution is 0.669. The summed E-state index contributed by atoms with van der Waals surface area (Å²) >= 11 is 0. The van der Waals surface area contributed by atoms with Gasteiger partial charge in [-0.2, -0.15) is 0 Å². The first-order valence-electron chi connectivity index (χ1n) is 19.3. The first kappa shape index (κ1) is 30.7. The number of rotatable bonds is 3. The topological polar surface area (TPSA) is 65.0 Å². The van der Waals surface area contributed by atoms with Crippen molar-refractivity contribution in [3.63, 3.8) is 0 Å². The molecule has 13 rings (SSSR count). The second-order valence-corrected chi connectivity index (χ2v) is 15.0. The summed E-state index contributed by atoms with van der Waals surface area (Å²) in [6.07, 6.45) is 0. The van der Waals surface area contributed by atoms with E-state index in [1.807, 2.05) is 72.8 Å². The molecule has 57 heavy (non-hydrogen) atoms. The quantitative estimate of drug-likeness (QED) is 0.181. The lowest BCUT2D eigenvalue weighted by atomic mass is 9.70. The fourth-order valence-corrected chi connectivity index (χ4v) is 9.86. The second kappa shape index (κ2) is 11.2. The van der Waals surface area contributed by atoms with Gasteiger partial charge >= 0.3 is 0 Å². The van der Waals surface area contributed by atoms with Crippen molar-refractivity contribution in [2.45, 2.75) is 5.41 Å². The molecule has 1 spiro atoms. The van der Waals surface area contributed by atoms with Crippen molar-refractivity contribution in [2.24, 2.45) is 0 Å². The molecule has 2 aliphatic rings. The summed E-state index contributed by atoms with van der Waals surface area (Å²) in [4.78, 5) is 15.6. The van der Waals surface area contributed by atoms with Gasteiger partial charge < -0.3 is 8.83 Å². The summed E-state index contributed by atoms with van der Waals surface area (Å²) < 4.78 is 13.9. The zero-order chi connectivity index (χ0) is 37.2. The van der Waals surface area contributed by atoms with Crippen molar-refractivity contribution >= 4 is 43.9 Å². The maximum Gasteiger partial charge on any atom is 0.167 e. The summed E-state index contributed by atoms with van der Waals surface area (Å²) in [6, 6.07) is 61.6. The van der Waals surface area contributed by atoms with Crippen LogP contribution in [0, 0.1) is 0 Å². The van der Waals surface area contributed by atoms with E-state index in [0.717, 1.165) is 77.3 Å². The molecule has 0 radical (unpaired) electrons. The first-order valence-corrected chi connectivity index (χ1v) is 19.3. The van der Waals surface area contributed by atoms with E-state index in [1.165, 1.54) is 27.8 Å². The number of fused-ring (bicyclic) bond motifs is 18. The molecule has 0 fully saturated rings. The predicted octanol–water partition coefficient (Wildman–Crippen LogP) is 13.0. The number of aromatic nitrogens is 3. The SMILES string of the molecule is c1ccc(-c2nc(-c3ccccc3)nc(-c3cc4c(c5c3oc3ccccc35)-c3c(ccc5c3oc3ccccc35)C43c4ccccc4-c4ccccc43)n2)cc1. The Kier molecular flexibility index (Phi) is 6.04. The number of nitrogens with zero attached hydrogens (tertiary/aromatic N) is 3. The van der Waals surface area contributed by atoms with E-state index < -0.39 is 5.41 Å². The van der Waals surface area contributed by atoms with Crippen molar-refractivity contribution in [2.75, 3.05) is 0 Å². The normalized spacial score (nSPS) is 13.4. The van der Waals surface area contributed by atoms with Gasteiger partial charge in [-0.3, -0.25) is 0 Å². The number of furan rings is 2. The van der Waals surface area contributed by atoms with Crippen LogP contribution in [0.2, 0.25) is 0 Å². The molecule has 8 aromatic carbocycles. The van der Waals surface area contributed by atoms with Gasteiger partial charge in [0.15, 0.2) is 17.5 Å². The minimum absolute atomic E-state index is 0.550. The maximum absolute atomic E-state index is 7.00. The number of hydrogen-bond acceptors (Lipinski definition) is 5. The Hall–Kier alpha value is -7.63. The Morgan fingerprint density at radius 1 is 0.351 bits per heavy atom. The summed E-state index contributed by atoms with van der Waals surface area (Å²) in [7, 11) is 0. The second-order valence-electron chi connectivity index (χ2n) is 15.0. The van der Waals surface area contributed by atoms with Crippen LogP contribution in [0.1, 0.15) is 22.3 Å². The molecule has 0 aliphatic heterocycles. The van der Waals surface area contributed by atoms with Crippen LogP contribution in [-0.2, 0) is 5.41 Å². The third-order valence-corrected chi connectivity index (χ3v) is 12.1. The van der Waals surface area contributed by atoms with E-state index in [9.17, 15) is 0 Å². The van der Waals surface area contributed by atoms with E-state index in [0.29, 0.717) is 17.5 Å². The maximum atomic E-state index is 7.00. The number of para-hydroxylation sites is 2. The fourth-order valence-electron chi connectivity index (χ4n) is 9.86. The average Bonchev–Trinajstić information content (AvgIpc) is 4.02. The highest BCUT2D eigenvalue weighted by Gasteiger charge is 2.53. The first-order chi connectivity index (χ1) is 28.3. The minimum Gasteiger partial charge on any atom is -0.455 e. The van der Waals surface area contributed by atoms with Gasteiger partial charge in [0.25, 0.3) is 0 Å². The molecule has 264 valence electrons. The molecule has 3 aromatic heterocycles. The molecule has 0 N–H and O–H groups in total. The van der Waals surface area contributed by atoms with Crippen molar-refractivity contribution in [1.29, 1.82) is 0 Å². The van der Waals surface area contributed by atoms with Crippen LogP contribution < -0.4 is 0 Å². The third kappa shape index (κ3) is 3.99. The fraction of sp³-hybridized carbons (Fsp3) is 0.0192. The van der Waals surface area contributed by atoms with Gasteiger partial charge in [-0.05, 0) is 51.6 Å². The lowest BCUT2D eigenvalue weighted by Crippen LogP contribution is -2.26. The van der Waals surface area contributed by atoms with E-state index in [-0.39, 0.29) is 0 Å².